The average Bonchev–Trinajstić information content (AvgIpc) is 1.61. The van der Waals surface area contributed by atoms with Gasteiger partial charge in [-0.1, -0.05) is 234 Å². The summed E-state index contributed by atoms with van der Waals surface area (Å²) in [6.45, 7) is 13.4. The Bertz CT molecular complexity index is 4600. The predicted molar refractivity (Wildman–Crippen MR) is 365 cm³/mol. The van der Waals surface area contributed by atoms with Crippen LogP contribution < -0.4 is 9.64 Å². The third kappa shape index (κ3) is 10.1. The molecule has 3 atom stereocenters. The van der Waals surface area contributed by atoms with Crippen LogP contribution in [-0.4, -0.2) is 11.2 Å². The third-order valence-corrected chi connectivity index (χ3v) is 18.0. The molecule has 0 fully saturated rings. The Morgan fingerprint density at radius 3 is 1.55 bits per heavy atom. The Hall–Kier alpha value is -10.2. The van der Waals surface area contributed by atoms with Gasteiger partial charge in [-0.3, -0.25) is 0 Å². The van der Waals surface area contributed by atoms with Crippen LogP contribution in [0.3, 0.4) is 0 Å². The van der Waals surface area contributed by atoms with E-state index in [-0.39, 0.29) is 5.41 Å². The van der Waals surface area contributed by atoms with Gasteiger partial charge in [-0.05, 0) is 199 Å². The summed E-state index contributed by atoms with van der Waals surface area (Å²) in [6.07, 6.45) is 6.90. The predicted octanol–water partition coefficient (Wildman–Crippen LogP) is 22.5. The van der Waals surface area contributed by atoms with Crippen LogP contribution in [0.15, 0.2) is 292 Å². The van der Waals surface area contributed by atoms with E-state index in [1.807, 2.05) is 12.2 Å². The molecule has 0 bridgehead atoms. The molecule has 1 aliphatic rings. The second-order valence-electron chi connectivity index (χ2n) is 23.6. The van der Waals surface area contributed by atoms with Crippen molar-refractivity contribution < 1.29 is 4.74 Å². The molecule has 14 rings (SSSR count). The van der Waals surface area contributed by atoms with Crippen molar-refractivity contribution in [3.05, 3.63) is 320 Å². The molecule has 0 aliphatic heterocycles. The molecule has 13 aromatic rings. The van der Waals surface area contributed by atoms with Crippen molar-refractivity contribution >= 4 is 61.8 Å². The number of nitrogens with zero attached hydrogens (tertiary/aromatic N) is 2. The topological polar surface area (TPSA) is 17.4 Å². The second-order valence-corrected chi connectivity index (χ2v) is 23.6. The number of para-hydroxylation sites is 2. The molecule has 0 N–H and O–H groups in total. The summed E-state index contributed by atoms with van der Waals surface area (Å²) in [5.41, 5.74) is 22.5. The Labute approximate surface area is 506 Å². The van der Waals surface area contributed by atoms with Crippen LogP contribution in [0, 0.1) is 11.8 Å². The van der Waals surface area contributed by atoms with Gasteiger partial charge in [0.05, 0.1) is 17.6 Å². The highest BCUT2D eigenvalue weighted by Crippen LogP contribution is 2.57. The Kier molecular flexibility index (Phi) is 14.4. The van der Waals surface area contributed by atoms with Crippen LogP contribution in [0.25, 0.3) is 94.9 Å². The number of hydrogen-bond acceptors (Lipinski definition) is 2. The van der Waals surface area contributed by atoms with Gasteiger partial charge in [-0.15, -0.1) is 0 Å². The highest BCUT2D eigenvalue weighted by atomic mass is 16.5. The van der Waals surface area contributed by atoms with Crippen LogP contribution in [0.4, 0.5) is 17.1 Å². The lowest BCUT2D eigenvalue weighted by Gasteiger charge is -2.36. The molecular weight excluding hydrogens is 1040 g/mol. The lowest BCUT2D eigenvalue weighted by atomic mass is 9.67. The van der Waals surface area contributed by atoms with Gasteiger partial charge in [0.2, 0.25) is 0 Å². The molecule has 86 heavy (non-hydrogen) atoms. The van der Waals surface area contributed by atoms with E-state index in [9.17, 15) is 0 Å². The first kappa shape index (κ1) is 53.8. The van der Waals surface area contributed by atoms with Crippen molar-refractivity contribution in [2.45, 2.75) is 38.5 Å². The minimum absolute atomic E-state index is 0.367. The molecule has 3 unspecified atom stereocenters. The largest absolute Gasteiger partial charge is 0.493 e. The smallest absolute Gasteiger partial charge is 0.119 e. The average molecular weight is 1110 g/mol. The molecule has 0 saturated carbocycles. The molecule has 0 amide bonds. The lowest BCUT2D eigenvalue weighted by Crippen LogP contribution is -2.30. The summed E-state index contributed by atoms with van der Waals surface area (Å²) in [6, 6.07) is 103. The molecular formula is C83H68N2O. The summed E-state index contributed by atoms with van der Waals surface area (Å²) in [4.78, 5) is 2.43. The molecule has 0 saturated heterocycles. The Morgan fingerprint density at radius 2 is 0.907 bits per heavy atom. The molecule has 1 aromatic heterocycles. The maximum absolute atomic E-state index is 6.55. The first-order valence-electron chi connectivity index (χ1n) is 30.3. The van der Waals surface area contributed by atoms with E-state index in [1.54, 1.807) is 0 Å². The zero-order chi connectivity index (χ0) is 58.1. The van der Waals surface area contributed by atoms with Gasteiger partial charge in [0, 0.05) is 38.9 Å². The van der Waals surface area contributed by atoms with E-state index in [0.717, 1.165) is 64.5 Å². The fourth-order valence-corrected chi connectivity index (χ4v) is 13.6. The number of hydrogen-bond donors (Lipinski definition) is 0. The number of fused-ring (bicyclic) bond motifs is 7. The molecule has 3 heteroatoms. The van der Waals surface area contributed by atoms with Crippen LogP contribution in [0.2, 0.25) is 0 Å². The number of rotatable bonds is 18. The molecule has 1 aliphatic carbocycles. The van der Waals surface area contributed by atoms with Gasteiger partial charge in [0.1, 0.15) is 5.75 Å². The Balaban J connectivity index is 0.759. The summed E-state index contributed by atoms with van der Waals surface area (Å²) in [7, 11) is 0. The minimum atomic E-state index is -0.367. The first-order chi connectivity index (χ1) is 42.3. The standard InChI is InChI=1S/C83H68N2O/c1-5-59-28-32-61(33-29-59)64-36-37-66-51-74(46-40-65(66)50-64)86-56-58(4)27-26-57(3)55-83(69-18-10-7-11-19-69)79-25-17-16-24-75(79)76-47-45-73(54-80(76)83)84(70-20-12-8-13-21-70)72-43-38-63(39-44-72)68-42-49-82-78(53-68)77-52-67(62-34-30-60(6-2)31-35-62)41-48-81(77)85(82)71-22-14-9-15-23-71/h5-25,28-54,57-58H,1-2,26-27,55-56H2,3-4H3. The van der Waals surface area contributed by atoms with Crippen LogP contribution >= 0.6 is 0 Å². The van der Waals surface area contributed by atoms with E-state index >= 15 is 0 Å². The quantitative estimate of drug-likeness (QED) is 0.0852. The fraction of sp³-hybridized carbons (Fsp3) is 0.108. The maximum atomic E-state index is 6.55. The van der Waals surface area contributed by atoms with Crippen molar-refractivity contribution in [1.82, 2.24) is 4.57 Å². The SMILES string of the molecule is C=Cc1ccc(-c2ccc3cc(OCC(C)CCC(C)CC4(c5ccccc5)c5ccccc5-c5ccc(N(c6ccccc6)c6ccc(-c7ccc8c(c7)c7cc(-c9ccc(C=C)cc9)ccc7n8-c7ccccc7)cc6)cc54)ccc3c2)cc1. The number of aromatic nitrogens is 1. The molecule has 12 aromatic carbocycles. The third-order valence-electron chi connectivity index (χ3n) is 18.0. The van der Waals surface area contributed by atoms with Crippen molar-refractivity contribution in [1.29, 1.82) is 0 Å². The van der Waals surface area contributed by atoms with E-state index < -0.39 is 0 Å². The first-order valence-corrected chi connectivity index (χ1v) is 30.3. The number of ether oxygens (including phenoxy) is 1. The summed E-state index contributed by atoms with van der Waals surface area (Å²) >= 11 is 0. The van der Waals surface area contributed by atoms with Crippen LogP contribution in [0.5, 0.6) is 5.75 Å². The van der Waals surface area contributed by atoms with Crippen molar-refractivity contribution in [3.8, 4) is 55.9 Å². The number of benzene rings is 12. The molecule has 3 nitrogen and oxygen atoms in total. The lowest BCUT2D eigenvalue weighted by molar-refractivity contribution is 0.240. The van der Waals surface area contributed by atoms with Gasteiger partial charge in [0.25, 0.3) is 0 Å². The van der Waals surface area contributed by atoms with E-state index in [4.69, 9.17) is 4.74 Å². The highest BCUT2D eigenvalue weighted by molar-refractivity contribution is 6.11. The fourth-order valence-electron chi connectivity index (χ4n) is 13.6. The molecule has 0 spiro atoms. The minimum Gasteiger partial charge on any atom is -0.493 e. The summed E-state index contributed by atoms with van der Waals surface area (Å²) in [5.74, 6) is 1.71. The second kappa shape index (κ2) is 23.1. The van der Waals surface area contributed by atoms with Gasteiger partial charge >= 0.3 is 0 Å². The molecule has 416 valence electrons. The zero-order valence-corrected chi connectivity index (χ0v) is 48.9. The zero-order valence-electron chi connectivity index (χ0n) is 48.9. The van der Waals surface area contributed by atoms with E-state index in [1.165, 1.54) is 88.2 Å². The normalized spacial score (nSPS) is 14.2. The maximum Gasteiger partial charge on any atom is 0.119 e. The summed E-state index contributed by atoms with van der Waals surface area (Å²) in [5, 5.41) is 4.83. The number of anilines is 3. The van der Waals surface area contributed by atoms with E-state index in [0.29, 0.717) is 18.4 Å². The highest BCUT2D eigenvalue weighted by Gasteiger charge is 2.45. The monoisotopic (exact) mass is 1110 g/mol. The van der Waals surface area contributed by atoms with Gasteiger partial charge < -0.3 is 14.2 Å². The van der Waals surface area contributed by atoms with Gasteiger partial charge in [-0.2, -0.15) is 0 Å². The van der Waals surface area contributed by atoms with Crippen molar-refractivity contribution in [3.63, 3.8) is 0 Å². The van der Waals surface area contributed by atoms with Crippen molar-refractivity contribution in [2.75, 3.05) is 11.5 Å². The molecule has 1 heterocycles. The van der Waals surface area contributed by atoms with Gasteiger partial charge in [-0.25, -0.2) is 0 Å². The summed E-state index contributed by atoms with van der Waals surface area (Å²) < 4.78 is 8.95. The van der Waals surface area contributed by atoms with Crippen LogP contribution in [-0.2, 0) is 5.41 Å². The van der Waals surface area contributed by atoms with Crippen molar-refractivity contribution in [2.24, 2.45) is 11.8 Å². The van der Waals surface area contributed by atoms with E-state index in [2.05, 4.69) is 316 Å². The molecule has 0 radical (unpaired) electrons. The van der Waals surface area contributed by atoms with Gasteiger partial charge in [0.15, 0.2) is 0 Å². The van der Waals surface area contributed by atoms with Crippen LogP contribution in [0.1, 0.15) is 60.9 Å². The Morgan fingerprint density at radius 1 is 0.419 bits per heavy atom.